The number of carbonyl (C=O) groups excluding carboxylic acids is 2. The zero-order valence-corrected chi connectivity index (χ0v) is 16.0. The third-order valence-electron chi connectivity index (χ3n) is 6.31. The summed E-state index contributed by atoms with van der Waals surface area (Å²) in [6.45, 7) is 5.25. The van der Waals surface area contributed by atoms with E-state index in [1.807, 2.05) is 6.07 Å². The van der Waals surface area contributed by atoms with Crippen LogP contribution in [0.15, 0.2) is 30.3 Å². The lowest BCUT2D eigenvalue weighted by atomic mass is 9.88. The maximum absolute atomic E-state index is 13.0. The van der Waals surface area contributed by atoms with E-state index in [2.05, 4.69) is 39.8 Å². The summed E-state index contributed by atoms with van der Waals surface area (Å²) in [6.07, 6.45) is 4.67. The lowest BCUT2D eigenvalue weighted by Gasteiger charge is -2.35. The van der Waals surface area contributed by atoms with Gasteiger partial charge in [0.15, 0.2) is 0 Å². The molecule has 6 heteroatoms. The number of urea groups is 1. The number of likely N-dealkylation sites (tertiary alicyclic amines) is 1. The number of imide groups is 1. The van der Waals surface area contributed by atoms with Gasteiger partial charge >= 0.3 is 6.03 Å². The van der Waals surface area contributed by atoms with Crippen LogP contribution in [-0.4, -0.2) is 66.5 Å². The number of amides is 3. The van der Waals surface area contributed by atoms with Gasteiger partial charge in [0.05, 0.1) is 0 Å². The van der Waals surface area contributed by atoms with E-state index in [-0.39, 0.29) is 11.9 Å². The fourth-order valence-corrected chi connectivity index (χ4v) is 4.73. The van der Waals surface area contributed by atoms with Gasteiger partial charge in [-0.1, -0.05) is 30.3 Å². The van der Waals surface area contributed by atoms with Crippen molar-refractivity contribution in [3.63, 3.8) is 0 Å². The Kier molecular flexibility index (Phi) is 5.45. The quantitative estimate of drug-likeness (QED) is 0.773. The van der Waals surface area contributed by atoms with Crippen molar-refractivity contribution in [2.75, 3.05) is 39.3 Å². The Balaban J connectivity index is 1.32. The number of carbonyl (C=O) groups is 2. The molecule has 1 aromatic rings. The first-order valence-electron chi connectivity index (χ1n) is 10.3. The van der Waals surface area contributed by atoms with Crippen LogP contribution < -0.4 is 10.6 Å². The number of nitrogens with zero attached hydrogens (tertiary/aromatic N) is 2. The molecule has 3 amide bonds. The van der Waals surface area contributed by atoms with Crippen molar-refractivity contribution in [1.29, 1.82) is 0 Å². The molecule has 1 spiro atoms. The predicted octanol–water partition coefficient (Wildman–Crippen LogP) is 1.62. The van der Waals surface area contributed by atoms with E-state index in [1.54, 1.807) is 0 Å². The summed E-state index contributed by atoms with van der Waals surface area (Å²) >= 11 is 0. The van der Waals surface area contributed by atoms with Crippen molar-refractivity contribution >= 4 is 11.9 Å². The van der Waals surface area contributed by atoms with Gasteiger partial charge in [-0.3, -0.25) is 9.69 Å². The molecule has 3 heterocycles. The number of rotatable bonds is 5. The zero-order chi connectivity index (χ0) is 18.7. The summed E-state index contributed by atoms with van der Waals surface area (Å²) in [7, 11) is 0. The number of hydrogen-bond donors (Lipinski definition) is 2. The fourth-order valence-electron chi connectivity index (χ4n) is 4.73. The molecular formula is C21H30N4O2. The molecule has 3 fully saturated rings. The van der Waals surface area contributed by atoms with Crippen LogP contribution in [0.4, 0.5) is 4.79 Å². The van der Waals surface area contributed by atoms with Crippen LogP contribution in [0.25, 0.3) is 0 Å². The summed E-state index contributed by atoms with van der Waals surface area (Å²) in [4.78, 5) is 29.4. The van der Waals surface area contributed by atoms with Crippen LogP contribution in [0.2, 0.25) is 0 Å². The van der Waals surface area contributed by atoms with Crippen molar-refractivity contribution in [2.24, 2.45) is 5.92 Å². The van der Waals surface area contributed by atoms with E-state index >= 15 is 0 Å². The Morgan fingerprint density at radius 2 is 1.89 bits per heavy atom. The molecular weight excluding hydrogens is 340 g/mol. The number of piperidine rings is 2. The second kappa shape index (κ2) is 7.98. The summed E-state index contributed by atoms with van der Waals surface area (Å²) in [5.41, 5.74) is 0.714. The standard InChI is InChI=1S/C21H30N4O2/c26-19-21(9-11-22-12-10-21)23-20(27)25(19)16-18-7-4-13-24(15-18)14-8-17-5-2-1-3-6-17/h1-3,5-6,18,22H,4,7-16H2,(H,23,27). The molecule has 1 atom stereocenters. The van der Waals surface area contributed by atoms with Gasteiger partial charge in [0.25, 0.3) is 5.91 Å². The molecule has 3 aliphatic heterocycles. The first-order valence-corrected chi connectivity index (χ1v) is 10.3. The molecule has 3 aliphatic rings. The lowest BCUT2D eigenvalue weighted by Crippen LogP contribution is -2.54. The van der Waals surface area contributed by atoms with E-state index in [0.29, 0.717) is 25.3 Å². The molecule has 3 saturated heterocycles. The highest BCUT2D eigenvalue weighted by Gasteiger charge is 2.51. The summed E-state index contributed by atoms with van der Waals surface area (Å²) in [6, 6.07) is 10.4. The molecule has 146 valence electrons. The van der Waals surface area contributed by atoms with E-state index in [0.717, 1.165) is 52.0 Å². The van der Waals surface area contributed by atoms with Crippen molar-refractivity contribution in [1.82, 2.24) is 20.4 Å². The monoisotopic (exact) mass is 370 g/mol. The molecule has 0 aliphatic carbocycles. The second-order valence-electron chi connectivity index (χ2n) is 8.22. The highest BCUT2D eigenvalue weighted by Crippen LogP contribution is 2.29. The maximum Gasteiger partial charge on any atom is 0.325 e. The van der Waals surface area contributed by atoms with Crippen molar-refractivity contribution in [2.45, 2.75) is 37.6 Å². The van der Waals surface area contributed by atoms with Crippen molar-refractivity contribution < 1.29 is 9.59 Å². The smallest absolute Gasteiger partial charge is 0.323 e. The number of nitrogens with one attached hydrogen (secondary N) is 2. The number of benzene rings is 1. The molecule has 2 N–H and O–H groups in total. The Bertz CT molecular complexity index is 672. The average Bonchev–Trinajstić information content (AvgIpc) is 2.92. The molecule has 4 rings (SSSR count). The second-order valence-corrected chi connectivity index (χ2v) is 8.22. The normalized spacial score (nSPS) is 25.8. The summed E-state index contributed by atoms with van der Waals surface area (Å²) < 4.78 is 0. The van der Waals surface area contributed by atoms with Crippen LogP contribution >= 0.6 is 0 Å². The van der Waals surface area contributed by atoms with Crippen LogP contribution in [-0.2, 0) is 11.2 Å². The zero-order valence-electron chi connectivity index (χ0n) is 16.0. The van der Waals surface area contributed by atoms with Gasteiger partial charge in [-0.25, -0.2) is 4.79 Å². The first-order chi connectivity index (χ1) is 13.2. The molecule has 0 saturated carbocycles. The summed E-state index contributed by atoms with van der Waals surface area (Å²) in [5.74, 6) is 0.372. The van der Waals surface area contributed by atoms with E-state index in [1.165, 1.54) is 10.5 Å². The Morgan fingerprint density at radius 3 is 2.67 bits per heavy atom. The van der Waals surface area contributed by atoms with E-state index in [4.69, 9.17) is 0 Å². The molecule has 1 unspecified atom stereocenters. The minimum Gasteiger partial charge on any atom is -0.323 e. The van der Waals surface area contributed by atoms with Gasteiger partial charge < -0.3 is 15.5 Å². The molecule has 6 nitrogen and oxygen atoms in total. The minimum absolute atomic E-state index is 0.00425. The van der Waals surface area contributed by atoms with Gasteiger partial charge in [0.2, 0.25) is 0 Å². The Morgan fingerprint density at radius 1 is 1.11 bits per heavy atom. The molecule has 1 aromatic carbocycles. The lowest BCUT2D eigenvalue weighted by molar-refractivity contribution is -0.132. The van der Waals surface area contributed by atoms with Gasteiger partial charge in [-0.2, -0.15) is 0 Å². The largest absolute Gasteiger partial charge is 0.325 e. The van der Waals surface area contributed by atoms with Crippen molar-refractivity contribution in [3.8, 4) is 0 Å². The average molecular weight is 370 g/mol. The third kappa shape index (κ3) is 4.01. The minimum atomic E-state index is -0.649. The Hall–Kier alpha value is -1.92. The SMILES string of the molecule is O=C1NC2(CCNCC2)C(=O)N1CC1CCCN(CCc2ccccc2)C1. The fraction of sp³-hybridized carbons (Fsp3) is 0.619. The number of hydrogen-bond acceptors (Lipinski definition) is 4. The topological polar surface area (TPSA) is 64.7 Å². The molecule has 0 aromatic heterocycles. The summed E-state index contributed by atoms with van der Waals surface area (Å²) in [5, 5.41) is 6.27. The van der Waals surface area contributed by atoms with Gasteiger partial charge in [0, 0.05) is 19.6 Å². The molecule has 0 bridgehead atoms. The van der Waals surface area contributed by atoms with E-state index in [9.17, 15) is 9.59 Å². The molecule has 0 radical (unpaired) electrons. The first kappa shape index (κ1) is 18.4. The van der Waals surface area contributed by atoms with Crippen LogP contribution in [0.3, 0.4) is 0 Å². The highest BCUT2D eigenvalue weighted by molar-refractivity contribution is 6.07. The highest BCUT2D eigenvalue weighted by atomic mass is 16.2. The Labute approximate surface area is 161 Å². The third-order valence-corrected chi connectivity index (χ3v) is 6.31. The van der Waals surface area contributed by atoms with Crippen LogP contribution in [0, 0.1) is 5.92 Å². The van der Waals surface area contributed by atoms with Gasteiger partial charge in [0.1, 0.15) is 5.54 Å². The molecule has 27 heavy (non-hydrogen) atoms. The van der Waals surface area contributed by atoms with Gasteiger partial charge in [-0.05, 0) is 63.2 Å². The van der Waals surface area contributed by atoms with Gasteiger partial charge in [-0.15, -0.1) is 0 Å². The van der Waals surface area contributed by atoms with E-state index < -0.39 is 5.54 Å². The van der Waals surface area contributed by atoms with Crippen LogP contribution in [0.5, 0.6) is 0 Å². The maximum atomic E-state index is 13.0. The predicted molar refractivity (Wildman–Crippen MR) is 104 cm³/mol. The van der Waals surface area contributed by atoms with Crippen molar-refractivity contribution in [3.05, 3.63) is 35.9 Å². The van der Waals surface area contributed by atoms with Crippen LogP contribution in [0.1, 0.15) is 31.2 Å².